The third-order valence-corrected chi connectivity index (χ3v) is 5.04. The molecule has 22 heavy (non-hydrogen) atoms. The highest BCUT2D eigenvalue weighted by Gasteiger charge is 2.22. The Labute approximate surface area is 131 Å². The van der Waals surface area contributed by atoms with E-state index in [1.165, 1.54) is 16.9 Å². The molecule has 0 fully saturated rings. The molecule has 2 heterocycles. The van der Waals surface area contributed by atoms with Crippen molar-refractivity contribution in [2.75, 3.05) is 0 Å². The topological polar surface area (TPSA) is 52.1 Å². The van der Waals surface area contributed by atoms with Crippen LogP contribution in [0.5, 0.6) is 11.6 Å². The number of hydrogen-bond donors (Lipinski definition) is 0. The van der Waals surface area contributed by atoms with E-state index in [2.05, 4.69) is 9.97 Å². The van der Waals surface area contributed by atoms with Crippen molar-refractivity contribution in [3.8, 4) is 11.6 Å². The van der Waals surface area contributed by atoms with E-state index in [1.54, 1.807) is 23.5 Å². The number of aromatic nitrogens is 2. The SMILES string of the molecule is Cc1nc(Oc2cccc(C=O)c2)c2c3c(sc2n1)CCC3. The summed E-state index contributed by atoms with van der Waals surface area (Å²) < 4.78 is 6.00. The van der Waals surface area contributed by atoms with Gasteiger partial charge in [-0.1, -0.05) is 12.1 Å². The first-order valence-corrected chi connectivity index (χ1v) is 8.08. The van der Waals surface area contributed by atoms with Crippen molar-refractivity contribution < 1.29 is 9.53 Å². The van der Waals surface area contributed by atoms with Crippen molar-refractivity contribution >= 4 is 27.8 Å². The number of rotatable bonds is 3. The number of aldehydes is 1. The van der Waals surface area contributed by atoms with Crippen molar-refractivity contribution in [1.82, 2.24) is 9.97 Å². The second kappa shape index (κ2) is 5.18. The zero-order valence-corrected chi connectivity index (χ0v) is 12.9. The van der Waals surface area contributed by atoms with E-state index in [-0.39, 0.29) is 0 Å². The van der Waals surface area contributed by atoms with E-state index >= 15 is 0 Å². The van der Waals surface area contributed by atoms with E-state index in [0.717, 1.165) is 29.3 Å². The first kappa shape index (κ1) is 13.4. The van der Waals surface area contributed by atoms with Crippen LogP contribution in [-0.4, -0.2) is 16.3 Å². The largest absolute Gasteiger partial charge is 0.438 e. The Hall–Kier alpha value is -2.27. The van der Waals surface area contributed by atoms with Gasteiger partial charge in [0.25, 0.3) is 0 Å². The predicted octanol–water partition coefficient (Wildman–Crippen LogP) is 4.09. The Morgan fingerprint density at radius 3 is 3.05 bits per heavy atom. The van der Waals surface area contributed by atoms with Gasteiger partial charge >= 0.3 is 0 Å². The molecule has 3 aromatic rings. The molecule has 1 aliphatic rings. The fourth-order valence-electron chi connectivity index (χ4n) is 2.90. The molecule has 1 aliphatic carbocycles. The number of carbonyl (C=O) groups is 1. The summed E-state index contributed by atoms with van der Waals surface area (Å²) in [6.07, 6.45) is 4.18. The van der Waals surface area contributed by atoms with Crippen LogP contribution in [0, 0.1) is 6.92 Å². The maximum absolute atomic E-state index is 10.9. The zero-order valence-electron chi connectivity index (χ0n) is 12.1. The number of aryl methyl sites for hydroxylation is 3. The summed E-state index contributed by atoms with van der Waals surface area (Å²) in [4.78, 5) is 22.3. The third-order valence-electron chi connectivity index (χ3n) is 3.85. The minimum Gasteiger partial charge on any atom is -0.438 e. The maximum atomic E-state index is 10.9. The van der Waals surface area contributed by atoms with Crippen LogP contribution in [0.4, 0.5) is 0 Å². The van der Waals surface area contributed by atoms with Gasteiger partial charge in [0, 0.05) is 10.4 Å². The van der Waals surface area contributed by atoms with Crippen LogP contribution < -0.4 is 4.74 Å². The van der Waals surface area contributed by atoms with E-state index in [1.807, 2.05) is 19.1 Å². The first-order valence-electron chi connectivity index (χ1n) is 7.26. The number of thiophene rings is 1. The molecule has 0 N–H and O–H groups in total. The molecule has 0 saturated heterocycles. The number of ether oxygens (including phenoxy) is 1. The van der Waals surface area contributed by atoms with Gasteiger partial charge in [0.1, 0.15) is 22.7 Å². The Bertz CT molecular complexity index is 886. The summed E-state index contributed by atoms with van der Waals surface area (Å²) in [5.41, 5.74) is 1.93. The Morgan fingerprint density at radius 1 is 1.27 bits per heavy atom. The molecule has 0 saturated carbocycles. The van der Waals surface area contributed by atoms with Gasteiger partial charge < -0.3 is 4.74 Å². The highest BCUT2D eigenvalue weighted by atomic mass is 32.1. The second-order valence-electron chi connectivity index (χ2n) is 5.41. The second-order valence-corrected chi connectivity index (χ2v) is 6.49. The zero-order chi connectivity index (χ0) is 15.1. The van der Waals surface area contributed by atoms with E-state index in [4.69, 9.17) is 4.74 Å². The van der Waals surface area contributed by atoms with Crippen LogP contribution in [0.1, 0.15) is 33.0 Å². The van der Waals surface area contributed by atoms with Gasteiger partial charge in [-0.3, -0.25) is 4.79 Å². The minimum atomic E-state index is 0.593. The number of hydrogen-bond acceptors (Lipinski definition) is 5. The number of fused-ring (bicyclic) bond motifs is 3. The Kier molecular flexibility index (Phi) is 3.15. The lowest BCUT2D eigenvalue weighted by atomic mass is 10.2. The van der Waals surface area contributed by atoms with Gasteiger partial charge in [0.15, 0.2) is 0 Å². The standard InChI is InChI=1S/C17H14N2O2S/c1-10-18-16(21-12-5-2-4-11(8-12)9-20)15-13-6-3-7-14(13)22-17(15)19-10/h2,4-5,8-9H,3,6-7H2,1H3. The molecule has 0 atom stereocenters. The van der Waals surface area contributed by atoms with Crippen molar-refractivity contribution in [2.24, 2.45) is 0 Å². The average Bonchev–Trinajstić information content (AvgIpc) is 3.07. The predicted molar refractivity (Wildman–Crippen MR) is 86.1 cm³/mol. The van der Waals surface area contributed by atoms with Crippen LogP contribution in [-0.2, 0) is 12.8 Å². The Balaban J connectivity index is 1.85. The van der Waals surface area contributed by atoms with E-state index < -0.39 is 0 Å². The fourth-order valence-corrected chi connectivity index (χ4v) is 4.20. The smallest absolute Gasteiger partial charge is 0.231 e. The lowest BCUT2D eigenvalue weighted by Gasteiger charge is -2.08. The van der Waals surface area contributed by atoms with Crippen molar-refractivity contribution in [3.05, 3.63) is 46.1 Å². The summed E-state index contributed by atoms with van der Waals surface area (Å²) >= 11 is 1.75. The van der Waals surface area contributed by atoms with Crippen molar-refractivity contribution in [1.29, 1.82) is 0 Å². The number of nitrogens with zero attached hydrogens (tertiary/aromatic N) is 2. The summed E-state index contributed by atoms with van der Waals surface area (Å²) in [5, 5.41) is 1.04. The average molecular weight is 310 g/mol. The van der Waals surface area contributed by atoms with E-state index in [0.29, 0.717) is 23.0 Å². The molecule has 0 bridgehead atoms. The molecule has 2 aromatic heterocycles. The van der Waals surface area contributed by atoms with Crippen LogP contribution in [0.25, 0.3) is 10.2 Å². The quantitative estimate of drug-likeness (QED) is 0.684. The third kappa shape index (κ3) is 2.18. The highest BCUT2D eigenvalue weighted by Crippen LogP contribution is 2.41. The van der Waals surface area contributed by atoms with Gasteiger partial charge in [-0.15, -0.1) is 11.3 Å². The molecule has 0 spiro atoms. The van der Waals surface area contributed by atoms with Crippen LogP contribution in [0.2, 0.25) is 0 Å². The minimum absolute atomic E-state index is 0.593. The molecular formula is C17H14N2O2S. The summed E-state index contributed by atoms with van der Waals surface area (Å²) in [6, 6.07) is 7.12. The lowest BCUT2D eigenvalue weighted by molar-refractivity contribution is 0.112. The van der Waals surface area contributed by atoms with Gasteiger partial charge in [-0.25, -0.2) is 4.98 Å². The molecule has 0 radical (unpaired) electrons. The molecule has 0 amide bonds. The van der Waals surface area contributed by atoms with Gasteiger partial charge in [0.2, 0.25) is 5.88 Å². The lowest BCUT2D eigenvalue weighted by Crippen LogP contribution is -1.95. The normalized spacial score (nSPS) is 13.3. The van der Waals surface area contributed by atoms with Crippen LogP contribution in [0.3, 0.4) is 0 Å². The van der Waals surface area contributed by atoms with Gasteiger partial charge in [-0.2, -0.15) is 4.98 Å². The fraction of sp³-hybridized carbons (Fsp3) is 0.235. The molecule has 4 rings (SSSR count). The molecular weight excluding hydrogens is 296 g/mol. The van der Waals surface area contributed by atoms with E-state index in [9.17, 15) is 4.79 Å². The van der Waals surface area contributed by atoms with Gasteiger partial charge in [0.05, 0.1) is 5.39 Å². The number of benzene rings is 1. The molecule has 5 heteroatoms. The molecule has 0 aliphatic heterocycles. The van der Waals surface area contributed by atoms with Crippen LogP contribution in [0.15, 0.2) is 24.3 Å². The van der Waals surface area contributed by atoms with Crippen LogP contribution >= 0.6 is 11.3 Å². The Morgan fingerprint density at radius 2 is 2.18 bits per heavy atom. The molecule has 0 unspecified atom stereocenters. The number of carbonyl (C=O) groups excluding carboxylic acids is 1. The highest BCUT2D eigenvalue weighted by molar-refractivity contribution is 7.19. The molecule has 1 aromatic carbocycles. The monoisotopic (exact) mass is 310 g/mol. The summed E-state index contributed by atoms with van der Waals surface area (Å²) in [5.74, 6) is 1.93. The van der Waals surface area contributed by atoms with Crippen molar-refractivity contribution in [3.63, 3.8) is 0 Å². The first-order chi connectivity index (χ1) is 10.7. The summed E-state index contributed by atoms with van der Waals surface area (Å²) in [6.45, 7) is 1.87. The van der Waals surface area contributed by atoms with Crippen molar-refractivity contribution in [2.45, 2.75) is 26.2 Å². The molecule has 4 nitrogen and oxygen atoms in total. The summed E-state index contributed by atoms with van der Waals surface area (Å²) in [7, 11) is 0. The molecule has 110 valence electrons. The van der Waals surface area contributed by atoms with Gasteiger partial charge in [-0.05, 0) is 43.9 Å². The maximum Gasteiger partial charge on any atom is 0.231 e.